The molecular weight excluding hydrogens is 358 g/mol. The predicted molar refractivity (Wildman–Crippen MR) is 95.4 cm³/mol. The van der Waals surface area contributed by atoms with Crippen LogP contribution in [0.4, 0.5) is 8.78 Å². The number of halogens is 2. The maximum atomic E-state index is 12.5. The number of ether oxygens (including phenoxy) is 2. The largest absolute Gasteiger partial charge is 0.493 e. The van der Waals surface area contributed by atoms with Crippen LogP contribution in [0, 0.1) is 0 Å². The number of H-pyrrole nitrogens is 1. The van der Waals surface area contributed by atoms with E-state index in [1.54, 1.807) is 30.3 Å². The first-order valence-electron chi connectivity index (χ1n) is 8.00. The van der Waals surface area contributed by atoms with Gasteiger partial charge < -0.3 is 19.8 Å². The SMILES string of the molecule is COc1ccc(CNC(=O)c2c[nH]c(=O)c3ccccc23)cc1OC(F)F. The third kappa shape index (κ3) is 4.05. The molecule has 2 N–H and O–H groups in total. The fourth-order valence-electron chi connectivity index (χ4n) is 2.69. The molecule has 8 heteroatoms. The van der Waals surface area contributed by atoms with Gasteiger partial charge >= 0.3 is 6.61 Å². The highest BCUT2D eigenvalue weighted by atomic mass is 19.3. The van der Waals surface area contributed by atoms with Gasteiger partial charge in [-0.1, -0.05) is 24.3 Å². The zero-order valence-electron chi connectivity index (χ0n) is 14.3. The zero-order chi connectivity index (χ0) is 19.4. The Hall–Kier alpha value is -3.42. The summed E-state index contributed by atoms with van der Waals surface area (Å²) in [7, 11) is 1.34. The number of amides is 1. The number of fused-ring (bicyclic) bond motifs is 1. The lowest BCUT2D eigenvalue weighted by molar-refractivity contribution is -0.0512. The molecule has 0 radical (unpaired) electrons. The summed E-state index contributed by atoms with van der Waals surface area (Å²) in [5, 5.41) is 3.63. The van der Waals surface area contributed by atoms with Gasteiger partial charge in [0.25, 0.3) is 11.5 Å². The van der Waals surface area contributed by atoms with E-state index in [1.165, 1.54) is 25.4 Å². The van der Waals surface area contributed by atoms with E-state index >= 15 is 0 Å². The number of aromatic amines is 1. The van der Waals surface area contributed by atoms with Gasteiger partial charge in [-0.25, -0.2) is 0 Å². The third-order valence-corrected chi connectivity index (χ3v) is 3.95. The molecule has 0 unspecified atom stereocenters. The predicted octanol–water partition coefficient (Wildman–Crippen LogP) is 3.07. The molecule has 3 aromatic rings. The minimum Gasteiger partial charge on any atom is -0.493 e. The molecule has 27 heavy (non-hydrogen) atoms. The van der Waals surface area contributed by atoms with Crippen molar-refractivity contribution in [3.63, 3.8) is 0 Å². The maximum Gasteiger partial charge on any atom is 0.387 e. The molecule has 0 fully saturated rings. The number of alkyl halides is 2. The monoisotopic (exact) mass is 374 g/mol. The van der Waals surface area contributed by atoms with Crippen LogP contribution in [0.25, 0.3) is 10.8 Å². The average molecular weight is 374 g/mol. The van der Waals surface area contributed by atoms with E-state index < -0.39 is 12.5 Å². The normalized spacial score (nSPS) is 10.8. The number of rotatable bonds is 6. The molecule has 1 heterocycles. The van der Waals surface area contributed by atoms with Crippen LogP contribution < -0.4 is 20.3 Å². The number of hydrogen-bond acceptors (Lipinski definition) is 4. The highest BCUT2D eigenvalue weighted by Gasteiger charge is 2.14. The molecule has 2 aromatic carbocycles. The Morgan fingerprint density at radius 2 is 1.89 bits per heavy atom. The molecule has 0 atom stereocenters. The minimum atomic E-state index is -2.99. The lowest BCUT2D eigenvalue weighted by atomic mass is 10.1. The van der Waals surface area contributed by atoms with E-state index in [1.807, 2.05) is 0 Å². The standard InChI is InChI=1S/C19H16F2N2O4/c1-26-15-7-6-11(8-16(15)27-19(20)21)9-22-18(25)14-10-23-17(24)13-5-3-2-4-12(13)14/h2-8,10,19H,9H2,1H3,(H,22,25)(H,23,24). The molecule has 1 aromatic heterocycles. The van der Waals surface area contributed by atoms with Crippen molar-refractivity contribution in [1.82, 2.24) is 10.3 Å². The van der Waals surface area contributed by atoms with Gasteiger partial charge in [-0.05, 0) is 23.8 Å². The number of methoxy groups -OCH3 is 1. The van der Waals surface area contributed by atoms with Gasteiger partial charge in [0.1, 0.15) is 0 Å². The number of carbonyl (C=O) groups is 1. The Labute approximate surface area is 152 Å². The summed E-state index contributed by atoms with van der Waals surface area (Å²) in [6, 6.07) is 11.2. The highest BCUT2D eigenvalue weighted by Crippen LogP contribution is 2.29. The summed E-state index contributed by atoms with van der Waals surface area (Å²) in [6.45, 7) is -2.91. The van der Waals surface area contributed by atoms with Crippen molar-refractivity contribution >= 4 is 16.7 Å². The van der Waals surface area contributed by atoms with Crippen molar-refractivity contribution in [2.24, 2.45) is 0 Å². The van der Waals surface area contributed by atoms with E-state index in [2.05, 4.69) is 15.0 Å². The van der Waals surface area contributed by atoms with Crippen LogP contribution in [-0.2, 0) is 6.54 Å². The van der Waals surface area contributed by atoms with Crippen LogP contribution >= 0.6 is 0 Å². The van der Waals surface area contributed by atoms with Crippen molar-refractivity contribution in [3.8, 4) is 11.5 Å². The van der Waals surface area contributed by atoms with Crippen molar-refractivity contribution < 1.29 is 23.0 Å². The van der Waals surface area contributed by atoms with Gasteiger partial charge in [0.15, 0.2) is 11.5 Å². The lowest BCUT2D eigenvalue weighted by Gasteiger charge is -2.12. The Bertz CT molecular complexity index is 1030. The third-order valence-electron chi connectivity index (χ3n) is 3.95. The fraction of sp³-hybridized carbons (Fsp3) is 0.158. The first-order chi connectivity index (χ1) is 13.0. The van der Waals surface area contributed by atoms with Crippen LogP contribution in [-0.4, -0.2) is 24.6 Å². The molecule has 0 aliphatic carbocycles. The molecule has 1 amide bonds. The molecule has 3 rings (SSSR count). The van der Waals surface area contributed by atoms with E-state index in [-0.39, 0.29) is 23.6 Å². The first-order valence-corrected chi connectivity index (χ1v) is 8.00. The second-order valence-electron chi connectivity index (χ2n) is 5.62. The van der Waals surface area contributed by atoms with E-state index in [9.17, 15) is 18.4 Å². The second kappa shape index (κ2) is 7.86. The second-order valence-corrected chi connectivity index (χ2v) is 5.62. The number of pyridine rings is 1. The van der Waals surface area contributed by atoms with Crippen LogP contribution in [0.5, 0.6) is 11.5 Å². The Morgan fingerprint density at radius 3 is 2.59 bits per heavy atom. The summed E-state index contributed by atoms with van der Waals surface area (Å²) in [4.78, 5) is 26.9. The number of nitrogens with one attached hydrogen (secondary N) is 2. The molecule has 0 saturated heterocycles. The summed E-state index contributed by atoms with van der Waals surface area (Å²) < 4.78 is 34.4. The molecule has 0 saturated carbocycles. The molecule has 0 bridgehead atoms. The Kier molecular flexibility index (Phi) is 5.35. The summed E-state index contributed by atoms with van der Waals surface area (Å²) in [5.74, 6) is -0.361. The molecule has 6 nitrogen and oxygen atoms in total. The fourth-order valence-corrected chi connectivity index (χ4v) is 2.69. The van der Waals surface area contributed by atoms with Gasteiger partial charge in [0.05, 0.1) is 12.7 Å². The van der Waals surface area contributed by atoms with Crippen LogP contribution in [0.2, 0.25) is 0 Å². The van der Waals surface area contributed by atoms with Crippen LogP contribution in [0.1, 0.15) is 15.9 Å². The quantitative estimate of drug-likeness (QED) is 0.695. The molecule has 0 aliphatic heterocycles. The number of benzene rings is 2. The summed E-state index contributed by atoms with van der Waals surface area (Å²) in [5.41, 5.74) is 0.572. The number of hydrogen-bond donors (Lipinski definition) is 2. The van der Waals surface area contributed by atoms with E-state index in [0.717, 1.165) is 0 Å². The topological polar surface area (TPSA) is 80.4 Å². The van der Waals surface area contributed by atoms with Crippen molar-refractivity contribution in [2.45, 2.75) is 13.2 Å². The van der Waals surface area contributed by atoms with E-state index in [4.69, 9.17) is 4.74 Å². The van der Waals surface area contributed by atoms with Gasteiger partial charge in [-0.15, -0.1) is 0 Å². The average Bonchev–Trinajstić information content (AvgIpc) is 2.66. The summed E-state index contributed by atoms with van der Waals surface area (Å²) in [6.07, 6.45) is 1.35. The summed E-state index contributed by atoms with van der Waals surface area (Å²) >= 11 is 0. The minimum absolute atomic E-state index is 0.0792. The van der Waals surface area contributed by atoms with Crippen molar-refractivity contribution in [3.05, 3.63) is 70.1 Å². The van der Waals surface area contributed by atoms with E-state index in [0.29, 0.717) is 21.9 Å². The Balaban J connectivity index is 1.80. The lowest BCUT2D eigenvalue weighted by Crippen LogP contribution is -2.24. The maximum absolute atomic E-state index is 12.5. The molecule has 140 valence electrons. The van der Waals surface area contributed by atoms with Gasteiger partial charge in [-0.2, -0.15) is 8.78 Å². The molecule has 0 spiro atoms. The van der Waals surface area contributed by atoms with Gasteiger partial charge in [0.2, 0.25) is 0 Å². The van der Waals surface area contributed by atoms with Crippen LogP contribution in [0.3, 0.4) is 0 Å². The Morgan fingerprint density at radius 1 is 1.15 bits per heavy atom. The zero-order valence-corrected chi connectivity index (χ0v) is 14.3. The number of aromatic nitrogens is 1. The number of carbonyl (C=O) groups excluding carboxylic acids is 1. The van der Waals surface area contributed by atoms with Crippen molar-refractivity contribution in [1.29, 1.82) is 0 Å². The smallest absolute Gasteiger partial charge is 0.387 e. The first kappa shape index (κ1) is 18.4. The van der Waals surface area contributed by atoms with Crippen molar-refractivity contribution in [2.75, 3.05) is 7.11 Å². The molecule has 0 aliphatic rings. The molecular formula is C19H16F2N2O4. The van der Waals surface area contributed by atoms with Crippen LogP contribution in [0.15, 0.2) is 53.5 Å². The van der Waals surface area contributed by atoms with Gasteiger partial charge in [0, 0.05) is 23.5 Å². The van der Waals surface area contributed by atoms with Gasteiger partial charge in [-0.3, -0.25) is 9.59 Å². The highest BCUT2D eigenvalue weighted by molar-refractivity contribution is 6.06.